The minimum absolute atomic E-state index is 0.760. The molecule has 0 saturated heterocycles. The predicted molar refractivity (Wildman–Crippen MR) is 105 cm³/mol. The maximum absolute atomic E-state index is 6.27. The van der Waals surface area contributed by atoms with Crippen molar-refractivity contribution in [2.75, 3.05) is 0 Å². The van der Waals surface area contributed by atoms with E-state index < -0.39 is 0 Å². The standard InChI is InChI=1S/C23H17Cl/c1-16-6-4-8-18(14-16)22-13-12-17-7-2-3-11-21(17)23(22)19-9-5-10-20(24)15-19/h2-15H,1H3. The van der Waals surface area contributed by atoms with Crippen molar-refractivity contribution in [3.05, 3.63) is 95.5 Å². The van der Waals surface area contributed by atoms with E-state index in [1.54, 1.807) is 0 Å². The van der Waals surface area contributed by atoms with E-state index in [2.05, 4.69) is 73.7 Å². The minimum atomic E-state index is 0.760. The van der Waals surface area contributed by atoms with E-state index in [4.69, 9.17) is 11.6 Å². The molecule has 0 saturated carbocycles. The summed E-state index contributed by atoms with van der Waals surface area (Å²) in [6.45, 7) is 2.13. The van der Waals surface area contributed by atoms with Crippen LogP contribution in [0.15, 0.2) is 84.9 Å². The Balaban J connectivity index is 2.09. The lowest BCUT2D eigenvalue weighted by Crippen LogP contribution is -1.88. The molecule has 4 rings (SSSR count). The van der Waals surface area contributed by atoms with Crippen LogP contribution in [0.4, 0.5) is 0 Å². The Morgan fingerprint density at radius 1 is 0.667 bits per heavy atom. The van der Waals surface area contributed by atoms with Gasteiger partial charge >= 0.3 is 0 Å². The summed E-state index contributed by atoms with van der Waals surface area (Å²) < 4.78 is 0. The first kappa shape index (κ1) is 15.0. The number of hydrogen-bond donors (Lipinski definition) is 0. The highest BCUT2D eigenvalue weighted by Crippen LogP contribution is 2.39. The van der Waals surface area contributed by atoms with E-state index in [-0.39, 0.29) is 0 Å². The predicted octanol–water partition coefficient (Wildman–Crippen LogP) is 7.14. The molecule has 4 aromatic carbocycles. The molecule has 0 N–H and O–H groups in total. The lowest BCUT2D eigenvalue weighted by molar-refractivity contribution is 1.47. The van der Waals surface area contributed by atoms with E-state index in [0.717, 1.165) is 10.6 Å². The molecular weight excluding hydrogens is 312 g/mol. The van der Waals surface area contributed by atoms with E-state index in [0.29, 0.717) is 0 Å². The van der Waals surface area contributed by atoms with Gasteiger partial charge in [-0.3, -0.25) is 0 Å². The molecule has 0 bridgehead atoms. The van der Waals surface area contributed by atoms with Crippen molar-refractivity contribution in [2.45, 2.75) is 6.92 Å². The number of benzene rings is 4. The first-order valence-electron chi connectivity index (χ1n) is 8.07. The van der Waals surface area contributed by atoms with Gasteiger partial charge in [0.25, 0.3) is 0 Å². The van der Waals surface area contributed by atoms with Crippen LogP contribution in [0, 0.1) is 6.92 Å². The molecule has 24 heavy (non-hydrogen) atoms. The molecule has 0 aliphatic heterocycles. The first-order chi connectivity index (χ1) is 11.7. The van der Waals surface area contributed by atoms with Crippen LogP contribution >= 0.6 is 11.6 Å². The first-order valence-corrected chi connectivity index (χ1v) is 8.45. The lowest BCUT2D eigenvalue weighted by atomic mass is 9.89. The summed E-state index contributed by atoms with van der Waals surface area (Å²) in [7, 11) is 0. The normalized spacial score (nSPS) is 10.9. The zero-order chi connectivity index (χ0) is 16.5. The average Bonchev–Trinajstić information content (AvgIpc) is 2.60. The summed E-state index contributed by atoms with van der Waals surface area (Å²) in [6, 6.07) is 29.7. The van der Waals surface area contributed by atoms with Gasteiger partial charge in [-0.2, -0.15) is 0 Å². The van der Waals surface area contributed by atoms with Crippen LogP contribution in [-0.4, -0.2) is 0 Å². The lowest BCUT2D eigenvalue weighted by Gasteiger charge is -2.15. The van der Waals surface area contributed by atoms with Crippen LogP contribution in [0.2, 0.25) is 5.02 Å². The smallest absolute Gasteiger partial charge is 0.0412 e. The number of rotatable bonds is 2. The molecule has 1 heteroatoms. The van der Waals surface area contributed by atoms with Gasteiger partial charge in [0, 0.05) is 5.02 Å². The monoisotopic (exact) mass is 328 g/mol. The van der Waals surface area contributed by atoms with Crippen LogP contribution in [0.5, 0.6) is 0 Å². The molecular formula is C23H17Cl. The Labute approximate surface area is 147 Å². The van der Waals surface area contributed by atoms with Gasteiger partial charge in [-0.1, -0.05) is 90.0 Å². The number of fused-ring (bicyclic) bond motifs is 1. The number of aryl methyl sites for hydroxylation is 1. The van der Waals surface area contributed by atoms with Gasteiger partial charge < -0.3 is 0 Å². The molecule has 0 nitrogen and oxygen atoms in total. The van der Waals surface area contributed by atoms with Crippen LogP contribution in [0.3, 0.4) is 0 Å². The Morgan fingerprint density at radius 2 is 1.46 bits per heavy atom. The van der Waals surface area contributed by atoms with Gasteiger partial charge in [-0.25, -0.2) is 0 Å². The fourth-order valence-corrected chi connectivity index (χ4v) is 3.47. The molecule has 0 spiro atoms. The summed E-state index contributed by atoms with van der Waals surface area (Å²) in [5.74, 6) is 0. The van der Waals surface area contributed by atoms with E-state index in [9.17, 15) is 0 Å². The largest absolute Gasteiger partial charge is 0.0843 e. The Kier molecular flexibility index (Phi) is 3.84. The van der Waals surface area contributed by atoms with Crippen LogP contribution in [0.1, 0.15) is 5.56 Å². The van der Waals surface area contributed by atoms with Crippen LogP contribution < -0.4 is 0 Å². The van der Waals surface area contributed by atoms with Crippen LogP contribution in [0.25, 0.3) is 33.0 Å². The summed E-state index contributed by atoms with van der Waals surface area (Å²) in [5.41, 5.74) is 6.12. The highest BCUT2D eigenvalue weighted by Gasteiger charge is 2.12. The number of halogens is 1. The highest BCUT2D eigenvalue weighted by molar-refractivity contribution is 6.31. The molecule has 0 amide bonds. The van der Waals surface area contributed by atoms with E-state index >= 15 is 0 Å². The second-order valence-electron chi connectivity index (χ2n) is 6.09. The fraction of sp³-hybridized carbons (Fsp3) is 0.0435. The average molecular weight is 329 g/mol. The molecule has 0 heterocycles. The zero-order valence-corrected chi connectivity index (χ0v) is 14.2. The highest BCUT2D eigenvalue weighted by atomic mass is 35.5. The third-order valence-electron chi connectivity index (χ3n) is 4.37. The van der Waals surface area contributed by atoms with Gasteiger partial charge in [-0.05, 0) is 52.1 Å². The summed E-state index contributed by atoms with van der Waals surface area (Å²) in [6.07, 6.45) is 0. The Bertz CT molecular complexity index is 1030. The number of hydrogen-bond acceptors (Lipinski definition) is 0. The molecule has 116 valence electrons. The van der Waals surface area contributed by atoms with E-state index in [1.807, 2.05) is 18.2 Å². The molecule has 0 aliphatic carbocycles. The van der Waals surface area contributed by atoms with Crippen molar-refractivity contribution in [3.8, 4) is 22.3 Å². The van der Waals surface area contributed by atoms with Gasteiger partial charge in [0.2, 0.25) is 0 Å². The van der Waals surface area contributed by atoms with Crippen molar-refractivity contribution in [1.82, 2.24) is 0 Å². The fourth-order valence-electron chi connectivity index (χ4n) is 3.28. The molecule has 0 aliphatic rings. The molecule has 0 fully saturated rings. The molecule has 0 atom stereocenters. The SMILES string of the molecule is Cc1cccc(-c2ccc3ccccc3c2-c2cccc(Cl)c2)c1. The van der Waals surface area contributed by atoms with Gasteiger partial charge in [0.15, 0.2) is 0 Å². The molecule has 0 aromatic heterocycles. The maximum Gasteiger partial charge on any atom is 0.0412 e. The Morgan fingerprint density at radius 3 is 2.29 bits per heavy atom. The summed E-state index contributed by atoms with van der Waals surface area (Å²) >= 11 is 6.27. The van der Waals surface area contributed by atoms with Crippen molar-refractivity contribution in [3.63, 3.8) is 0 Å². The topological polar surface area (TPSA) is 0 Å². The van der Waals surface area contributed by atoms with Crippen molar-refractivity contribution < 1.29 is 0 Å². The van der Waals surface area contributed by atoms with Gasteiger partial charge in [0.1, 0.15) is 0 Å². The minimum Gasteiger partial charge on any atom is -0.0843 e. The van der Waals surface area contributed by atoms with Gasteiger partial charge in [-0.15, -0.1) is 0 Å². The van der Waals surface area contributed by atoms with Crippen molar-refractivity contribution in [2.24, 2.45) is 0 Å². The van der Waals surface area contributed by atoms with E-state index in [1.165, 1.54) is 33.0 Å². The molecule has 0 radical (unpaired) electrons. The third kappa shape index (κ3) is 2.70. The second kappa shape index (κ2) is 6.14. The third-order valence-corrected chi connectivity index (χ3v) is 4.61. The van der Waals surface area contributed by atoms with Crippen LogP contribution in [-0.2, 0) is 0 Å². The van der Waals surface area contributed by atoms with Gasteiger partial charge in [0.05, 0.1) is 0 Å². The van der Waals surface area contributed by atoms with Crippen molar-refractivity contribution in [1.29, 1.82) is 0 Å². The second-order valence-corrected chi connectivity index (χ2v) is 6.53. The molecule has 4 aromatic rings. The summed E-state index contributed by atoms with van der Waals surface area (Å²) in [5, 5.41) is 3.25. The summed E-state index contributed by atoms with van der Waals surface area (Å²) in [4.78, 5) is 0. The maximum atomic E-state index is 6.27. The quantitative estimate of drug-likeness (QED) is 0.367. The zero-order valence-electron chi connectivity index (χ0n) is 13.5. The van der Waals surface area contributed by atoms with Crippen molar-refractivity contribution >= 4 is 22.4 Å². The Hall–Kier alpha value is -2.57. The molecule has 0 unspecified atom stereocenters.